The fraction of sp³-hybridized carbons (Fsp3) is 0.333. The maximum Gasteiger partial charge on any atom is 0.325 e. The second kappa shape index (κ2) is 9.56. The molecule has 1 atom stereocenters. The summed E-state index contributed by atoms with van der Waals surface area (Å²) in [6.45, 7) is 6.12. The van der Waals surface area contributed by atoms with Crippen LogP contribution in [0.2, 0.25) is 0 Å². The number of H-pyrrole nitrogens is 1. The lowest BCUT2D eigenvalue weighted by molar-refractivity contribution is -0.763. The summed E-state index contributed by atoms with van der Waals surface area (Å²) in [6.07, 6.45) is 1.48. The van der Waals surface area contributed by atoms with Crippen LogP contribution in [-0.4, -0.2) is 28.3 Å². The Kier molecular flexibility index (Phi) is 6.60. The number of para-hydroxylation sites is 1. The van der Waals surface area contributed by atoms with E-state index in [2.05, 4.69) is 11.9 Å². The number of rotatable bonds is 7. The van der Waals surface area contributed by atoms with Crippen molar-refractivity contribution in [1.29, 1.82) is 0 Å². The molecule has 3 aromatic rings. The number of hydrogen-bond donors (Lipinski definition) is 1. The highest BCUT2D eigenvalue weighted by Gasteiger charge is 2.44. The standard InChI is InChI=1S/C24H26N4O3S/c1-4-6-14-32-24-25-22(30)21-19-12-7-8-13-20(19)27(16(3)29)23(28(21)26-24)17-10-9-11-18(15-17)31-5-2/h7-13,15,23H,4-6,14H2,1-3H3/p+1/t23-/m1/s1. The molecule has 32 heavy (non-hydrogen) atoms. The first-order chi connectivity index (χ1) is 15.5. The number of amides is 1. The number of unbranched alkanes of at least 4 members (excludes halogenated alkanes) is 1. The Morgan fingerprint density at radius 3 is 2.78 bits per heavy atom. The van der Waals surface area contributed by atoms with Crippen molar-refractivity contribution in [2.24, 2.45) is 0 Å². The highest BCUT2D eigenvalue weighted by Crippen LogP contribution is 2.37. The van der Waals surface area contributed by atoms with E-state index in [4.69, 9.17) is 9.84 Å². The molecule has 0 aliphatic carbocycles. The molecule has 1 aromatic heterocycles. The third-order valence-electron chi connectivity index (χ3n) is 5.30. The van der Waals surface area contributed by atoms with Crippen LogP contribution in [0.1, 0.15) is 45.3 Å². The molecule has 0 saturated heterocycles. The molecule has 0 radical (unpaired) electrons. The number of fused-ring (bicyclic) bond motifs is 3. The third-order valence-corrected chi connectivity index (χ3v) is 6.25. The summed E-state index contributed by atoms with van der Waals surface area (Å²) in [6, 6.07) is 15.1. The summed E-state index contributed by atoms with van der Waals surface area (Å²) in [4.78, 5) is 30.8. The number of carbonyl (C=O) groups is 1. The maximum absolute atomic E-state index is 13.2. The molecule has 4 rings (SSSR count). The number of hydrogen-bond acceptors (Lipinski definition) is 5. The quantitative estimate of drug-likeness (QED) is 0.335. The van der Waals surface area contributed by atoms with Crippen LogP contribution in [-0.2, 0) is 4.79 Å². The van der Waals surface area contributed by atoms with Crippen LogP contribution in [0.5, 0.6) is 5.75 Å². The molecule has 8 heteroatoms. The van der Waals surface area contributed by atoms with Gasteiger partial charge in [-0.3, -0.25) is 14.6 Å². The average Bonchev–Trinajstić information content (AvgIpc) is 2.78. The van der Waals surface area contributed by atoms with E-state index in [1.807, 2.05) is 55.5 Å². The Hall–Kier alpha value is -3.13. The molecule has 1 aliphatic heterocycles. The normalized spacial score (nSPS) is 14.6. The SMILES string of the molecule is CCCCSc1n[n+]2c(c(=O)[nH]1)-c1ccccc1N(C(C)=O)[C@H]2c1cccc(OCC)c1. The van der Waals surface area contributed by atoms with Crippen LogP contribution in [0.4, 0.5) is 5.69 Å². The number of nitrogens with zero attached hydrogens (tertiary/aromatic N) is 3. The lowest BCUT2D eigenvalue weighted by Crippen LogP contribution is -2.60. The van der Waals surface area contributed by atoms with E-state index in [0.717, 1.165) is 24.2 Å². The van der Waals surface area contributed by atoms with Gasteiger partial charge in [0.05, 0.1) is 17.9 Å². The zero-order valence-corrected chi connectivity index (χ0v) is 19.3. The number of ether oxygens (including phenoxy) is 1. The Morgan fingerprint density at radius 2 is 2.03 bits per heavy atom. The zero-order chi connectivity index (χ0) is 22.7. The molecule has 7 nitrogen and oxygen atoms in total. The molecular weight excluding hydrogens is 424 g/mol. The minimum absolute atomic E-state index is 0.135. The topological polar surface area (TPSA) is 79.2 Å². The van der Waals surface area contributed by atoms with Crippen molar-refractivity contribution in [3.8, 4) is 17.0 Å². The van der Waals surface area contributed by atoms with Crippen LogP contribution < -0.4 is 19.9 Å². The van der Waals surface area contributed by atoms with Gasteiger partial charge in [0.15, 0.2) is 0 Å². The van der Waals surface area contributed by atoms with E-state index < -0.39 is 6.17 Å². The van der Waals surface area contributed by atoms with Crippen molar-refractivity contribution < 1.29 is 14.2 Å². The van der Waals surface area contributed by atoms with E-state index in [0.29, 0.717) is 34.5 Å². The van der Waals surface area contributed by atoms with E-state index in [1.54, 1.807) is 9.58 Å². The van der Waals surface area contributed by atoms with E-state index in [9.17, 15) is 9.59 Å². The first kappa shape index (κ1) is 22.1. The number of nitrogens with one attached hydrogen (secondary N) is 1. The van der Waals surface area contributed by atoms with Gasteiger partial charge in [-0.2, -0.15) is 0 Å². The number of carbonyl (C=O) groups excluding carboxylic acids is 1. The van der Waals surface area contributed by atoms with Crippen molar-refractivity contribution in [1.82, 2.24) is 10.1 Å². The maximum atomic E-state index is 13.2. The lowest BCUT2D eigenvalue weighted by Gasteiger charge is -2.31. The molecule has 0 bridgehead atoms. The second-order valence-electron chi connectivity index (χ2n) is 7.54. The van der Waals surface area contributed by atoms with E-state index in [1.165, 1.54) is 18.7 Å². The molecule has 166 valence electrons. The monoisotopic (exact) mass is 451 g/mol. The minimum atomic E-state index is -0.606. The molecule has 0 saturated carbocycles. The first-order valence-electron chi connectivity index (χ1n) is 10.9. The Bertz CT molecular complexity index is 1190. The minimum Gasteiger partial charge on any atom is -0.494 e. The van der Waals surface area contributed by atoms with Gasteiger partial charge in [-0.25, -0.2) is 4.90 Å². The number of aromatic amines is 1. The highest BCUT2D eigenvalue weighted by molar-refractivity contribution is 7.99. The smallest absolute Gasteiger partial charge is 0.325 e. The second-order valence-corrected chi connectivity index (χ2v) is 8.62. The summed E-state index contributed by atoms with van der Waals surface area (Å²) in [5.41, 5.74) is 2.39. The van der Waals surface area contributed by atoms with Crippen molar-refractivity contribution in [3.63, 3.8) is 0 Å². The van der Waals surface area contributed by atoms with Crippen LogP contribution in [0, 0.1) is 0 Å². The summed E-state index contributed by atoms with van der Waals surface area (Å²) < 4.78 is 7.38. The number of aromatic nitrogens is 3. The van der Waals surface area contributed by atoms with Crippen LogP contribution in [0.25, 0.3) is 11.3 Å². The molecular formula is C24H27N4O3S+. The fourth-order valence-corrected chi connectivity index (χ4v) is 4.86. The molecule has 2 aromatic carbocycles. The number of benzene rings is 2. The van der Waals surface area contributed by atoms with E-state index in [-0.39, 0.29) is 11.5 Å². The molecule has 1 N–H and O–H groups in total. The van der Waals surface area contributed by atoms with Gasteiger partial charge in [0, 0.05) is 23.3 Å². The number of anilines is 1. The van der Waals surface area contributed by atoms with Crippen molar-refractivity contribution in [2.75, 3.05) is 17.3 Å². The lowest BCUT2D eigenvalue weighted by atomic mass is 10.0. The van der Waals surface area contributed by atoms with Gasteiger partial charge in [0.25, 0.3) is 6.17 Å². The summed E-state index contributed by atoms with van der Waals surface area (Å²) in [5, 5.41) is 5.34. The third kappa shape index (κ3) is 4.14. The van der Waals surface area contributed by atoms with Crippen molar-refractivity contribution in [2.45, 2.75) is 44.9 Å². The number of thioether (sulfide) groups is 1. The molecule has 2 heterocycles. The largest absolute Gasteiger partial charge is 0.494 e. The Balaban J connectivity index is 1.95. The predicted octanol–water partition coefficient (Wildman–Crippen LogP) is 3.93. The van der Waals surface area contributed by atoms with Gasteiger partial charge < -0.3 is 4.74 Å². The summed E-state index contributed by atoms with van der Waals surface area (Å²) >= 11 is 1.52. The first-order valence-corrected chi connectivity index (χ1v) is 11.8. The van der Waals surface area contributed by atoms with Gasteiger partial charge >= 0.3 is 11.3 Å². The Labute approximate surface area is 191 Å². The summed E-state index contributed by atoms with van der Waals surface area (Å²) in [7, 11) is 0. The van der Waals surface area contributed by atoms with Gasteiger partial charge in [-0.15, -0.1) is 0 Å². The molecule has 0 fully saturated rings. The zero-order valence-electron chi connectivity index (χ0n) is 18.5. The van der Waals surface area contributed by atoms with Crippen LogP contribution in [0.3, 0.4) is 0 Å². The average molecular weight is 452 g/mol. The molecule has 0 unspecified atom stereocenters. The van der Waals surface area contributed by atoms with Crippen LogP contribution >= 0.6 is 11.8 Å². The Morgan fingerprint density at radius 1 is 1.22 bits per heavy atom. The molecule has 0 spiro atoms. The predicted molar refractivity (Wildman–Crippen MR) is 125 cm³/mol. The molecule has 1 amide bonds. The van der Waals surface area contributed by atoms with Gasteiger partial charge in [-0.1, -0.05) is 43.3 Å². The van der Waals surface area contributed by atoms with E-state index >= 15 is 0 Å². The van der Waals surface area contributed by atoms with Crippen molar-refractivity contribution in [3.05, 3.63) is 64.4 Å². The summed E-state index contributed by atoms with van der Waals surface area (Å²) in [5.74, 6) is 1.43. The van der Waals surface area contributed by atoms with Gasteiger partial charge in [-0.05, 0) is 48.4 Å². The van der Waals surface area contributed by atoms with Gasteiger partial charge in [0.1, 0.15) is 5.75 Å². The highest BCUT2D eigenvalue weighted by atomic mass is 32.2. The van der Waals surface area contributed by atoms with Gasteiger partial charge in [0.2, 0.25) is 11.1 Å². The van der Waals surface area contributed by atoms with Crippen LogP contribution in [0.15, 0.2) is 58.5 Å². The fourth-order valence-electron chi connectivity index (χ4n) is 3.92. The molecule has 1 aliphatic rings. The van der Waals surface area contributed by atoms with Crippen molar-refractivity contribution >= 4 is 23.4 Å².